The van der Waals surface area contributed by atoms with Gasteiger partial charge in [0.2, 0.25) is 11.8 Å². The van der Waals surface area contributed by atoms with Gasteiger partial charge in [0.05, 0.1) is 18.9 Å². The topological polar surface area (TPSA) is 123 Å². The van der Waals surface area contributed by atoms with Crippen molar-refractivity contribution in [3.05, 3.63) is 0 Å². The Labute approximate surface area is 178 Å². The highest BCUT2D eigenvalue weighted by Gasteiger charge is 2.25. The highest BCUT2D eigenvalue weighted by molar-refractivity contribution is 8.14. The summed E-state index contributed by atoms with van der Waals surface area (Å²) in [7, 11) is 0. The fourth-order valence-corrected chi connectivity index (χ4v) is 3.59. The first-order valence-electron chi connectivity index (χ1n) is 10.2. The minimum atomic E-state index is -0.931. The fraction of sp³-hybridized carbons (Fsp3) is 0.762. The van der Waals surface area contributed by atoms with E-state index in [9.17, 15) is 24.0 Å². The Hall–Kier alpha value is -1.70. The predicted octanol–water partition coefficient (Wildman–Crippen LogP) is 2.93. The Morgan fingerprint density at radius 1 is 1.03 bits per heavy atom. The Balaban J connectivity index is 4.54. The van der Waals surface area contributed by atoms with E-state index in [2.05, 4.69) is 5.32 Å². The number of primary amides is 1. The second-order valence-electron chi connectivity index (χ2n) is 8.51. The average molecular weight is 429 g/mol. The van der Waals surface area contributed by atoms with Gasteiger partial charge in [-0.2, -0.15) is 0 Å². The standard InChI is InChI=1S/C21H36N2O5S/c1-6-7-8-19(27)23-16(13-18(22)26)17(25)11-14(2)9-10-15(24)12-20(28)29-21(3,4)5/h14,16H,6-13H2,1-5H3,(H2,22,26)(H,23,27)/t14-,16+/m0/s1. The van der Waals surface area contributed by atoms with E-state index in [1.54, 1.807) is 0 Å². The van der Waals surface area contributed by atoms with Gasteiger partial charge in [-0.3, -0.25) is 24.0 Å². The Bertz CT molecular complexity index is 598. The number of rotatable bonds is 14. The molecule has 0 saturated carbocycles. The summed E-state index contributed by atoms with van der Waals surface area (Å²) in [5.74, 6) is -1.46. The molecule has 0 aliphatic heterocycles. The van der Waals surface area contributed by atoms with Crippen molar-refractivity contribution >= 4 is 40.3 Å². The molecule has 0 radical (unpaired) electrons. The second-order valence-corrected chi connectivity index (χ2v) is 10.4. The van der Waals surface area contributed by atoms with Crippen molar-refractivity contribution in [2.45, 2.75) is 96.8 Å². The summed E-state index contributed by atoms with van der Waals surface area (Å²) < 4.78 is -0.228. The number of hydrogen-bond donors (Lipinski definition) is 2. The van der Waals surface area contributed by atoms with Crippen molar-refractivity contribution in [3.63, 3.8) is 0 Å². The smallest absolute Gasteiger partial charge is 0.220 e. The molecule has 166 valence electrons. The van der Waals surface area contributed by atoms with Crippen LogP contribution in [0.5, 0.6) is 0 Å². The molecule has 8 heteroatoms. The number of hydrogen-bond acceptors (Lipinski definition) is 6. The lowest BCUT2D eigenvalue weighted by Gasteiger charge is -2.19. The van der Waals surface area contributed by atoms with Crippen LogP contribution in [0.1, 0.15) is 86.0 Å². The number of carbonyl (C=O) groups excluding carboxylic acids is 5. The second kappa shape index (κ2) is 13.5. The zero-order chi connectivity index (χ0) is 22.6. The molecule has 0 fully saturated rings. The maximum atomic E-state index is 12.5. The zero-order valence-corrected chi connectivity index (χ0v) is 19.2. The van der Waals surface area contributed by atoms with Crippen molar-refractivity contribution in [1.29, 1.82) is 0 Å². The molecule has 2 amide bonds. The summed E-state index contributed by atoms with van der Waals surface area (Å²) >= 11 is 1.15. The number of amides is 2. The van der Waals surface area contributed by atoms with Crippen molar-refractivity contribution in [1.82, 2.24) is 5.32 Å². The van der Waals surface area contributed by atoms with Gasteiger partial charge in [0.15, 0.2) is 10.9 Å². The van der Waals surface area contributed by atoms with Gasteiger partial charge in [-0.05, 0) is 18.8 Å². The molecule has 0 aromatic carbocycles. The van der Waals surface area contributed by atoms with Crippen LogP contribution in [0.2, 0.25) is 0 Å². The maximum absolute atomic E-state index is 12.5. The predicted molar refractivity (Wildman–Crippen MR) is 115 cm³/mol. The number of ketones is 2. The molecule has 0 aromatic rings. The Kier molecular flexibility index (Phi) is 12.7. The molecule has 2 atom stereocenters. The van der Waals surface area contributed by atoms with Crippen molar-refractivity contribution in [3.8, 4) is 0 Å². The van der Waals surface area contributed by atoms with E-state index in [-0.39, 0.29) is 58.9 Å². The number of nitrogens with two attached hydrogens (primary N) is 1. The van der Waals surface area contributed by atoms with Gasteiger partial charge in [-0.25, -0.2) is 0 Å². The average Bonchev–Trinajstić information content (AvgIpc) is 2.55. The third kappa shape index (κ3) is 14.9. The summed E-state index contributed by atoms with van der Waals surface area (Å²) in [5, 5.41) is 2.45. The maximum Gasteiger partial charge on any atom is 0.220 e. The molecule has 3 N–H and O–H groups in total. The number of Topliss-reactive ketones (excluding diaryl/α,β-unsaturated/α-hetero) is 2. The molecular weight excluding hydrogens is 392 g/mol. The van der Waals surface area contributed by atoms with E-state index in [1.807, 2.05) is 34.6 Å². The van der Waals surface area contributed by atoms with Crippen LogP contribution in [0.3, 0.4) is 0 Å². The lowest BCUT2D eigenvalue weighted by atomic mass is 9.93. The van der Waals surface area contributed by atoms with Gasteiger partial charge in [0.1, 0.15) is 5.78 Å². The first-order valence-corrected chi connectivity index (χ1v) is 11.0. The van der Waals surface area contributed by atoms with Crippen LogP contribution in [0, 0.1) is 5.92 Å². The lowest BCUT2D eigenvalue weighted by molar-refractivity contribution is -0.130. The molecule has 0 heterocycles. The van der Waals surface area contributed by atoms with Gasteiger partial charge in [0.25, 0.3) is 0 Å². The molecule has 0 bridgehead atoms. The van der Waals surface area contributed by atoms with Gasteiger partial charge >= 0.3 is 0 Å². The van der Waals surface area contributed by atoms with E-state index in [0.717, 1.165) is 18.2 Å². The monoisotopic (exact) mass is 428 g/mol. The summed E-state index contributed by atoms with van der Waals surface area (Å²) in [6.07, 6.45) is 2.31. The van der Waals surface area contributed by atoms with Gasteiger partial charge in [0, 0.05) is 24.0 Å². The van der Waals surface area contributed by atoms with Crippen LogP contribution in [0.25, 0.3) is 0 Å². The molecule has 7 nitrogen and oxygen atoms in total. The van der Waals surface area contributed by atoms with E-state index in [0.29, 0.717) is 19.3 Å². The van der Waals surface area contributed by atoms with Gasteiger partial charge in [-0.15, -0.1) is 0 Å². The highest BCUT2D eigenvalue weighted by atomic mass is 32.2. The molecule has 0 rings (SSSR count). The Morgan fingerprint density at radius 2 is 1.66 bits per heavy atom. The van der Waals surface area contributed by atoms with Gasteiger partial charge in [-0.1, -0.05) is 52.8 Å². The molecule has 0 saturated heterocycles. The molecule has 0 aromatic heterocycles. The number of nitrogens with one attached hydrogen (secondary N) is 1. The van der Waals surface area contributed by atoms with E-state index >= 15 is 0 Å². The SMILES string of the molecule is CCCCC(=O)N[C@H](CC(N)=O)C(=O)C[C@@H](C)CCC(=O)CC(=O)SC(C)(C)C. The van der Waals surface area contributed by atoms with E-state index in [1.165, 1.54) is 0 Å². The summed E-state index contributed by atoms with van der Waals surface area (Å²) in [4.78, 5) is 59.6. The van der Waals surface area contributed by atoms with Crippen LogP contribution in [0.4, 0.5) is 0 Å². The third-order valence-corrected chi connectivity index (χ3v) is 5.10. The van der Waals surface area contributed by atoms with Crippen LogP contribution in [0.15, 0.2) is 0 Å². The van der Waals surface area contributed by atoms with Crippen LogP contribution < -0.4 is 11.1 Å². The molecule has 0 spiro atoms. The summed E-state index contributed by atoms with van der Waals surface area (Å²) in [6, 6.07) is -0.931. The van der Waals surface area contributed by atoms with Crippen LogP contribution in [-0.2, 0) is 24.0 Å². The molecule has 0 aliphatic carbocycles. The normalized spacial score (nSPS) is 13.4. The summed E-state index contributed by atoms with van der Waals surface area (Å²) in [6.45, 7) is 9.53. The first kappa shape index (κ1) is 27.3. The van der Waals surface area contributed by atoms with Crippen molar-refractivity contribution in [2.24, 2.45) is 11.7 Å². The Morgan fingerprint density at radius 3 is 2.17 bits per heavy atom. The molecular formula is C21H36N2O5S. The number of carbonyl (C=O) groups is 5. The van der Waals surface area contributed by atoms with Gasteiger partial charge < -0.3 is 11.1 Å². The van der Waals surface area contributed by atoms with Crippen molar-refractivity contribution in [2.75, 3.05) is 0 Å². The van der Waals surface area contributed by atoms with E-state index < -0.39 is 11.9 Å². The van der Waals surface area contributed by atoms with Crippen LogP contribution >= 0.6 is 11.8 Å². The number of unbranched alkanes of at least 4 members (excludes halogenated alkanes) is 1. The van der Waals surface area contributed by atoms with E-state index in [4.69, 9.17) is 5.73 Å². The highest BCUT2D eigenvalue weighted by Crippen LogP contribution is 2.25. The summed E-state index contributed by atoms with van der Waals surface area (Å²) in [5.41, 5.74) is 5.21. The first-order chi connectivity index (χ1) is 13.3. The lowest BCUT2D eigenvalue weighted by Crippen LogP contribution is -2.43. The minimum absolute atomic E-state index is 0.111. The molecule has 0 unspecified atom stereocenters. The zero-order valence-electron chi connectivity index (χ0n) is 18.3. The minimum Gasteiger partial charge on any atom is -0.370 e. The molecule has 29 heavy (non-hydrogen) atoms. The third-order valence-electron chi connectivity index (χ3n) is 4.11. The van der Waals surface area contributed by atoms with Crippen molar-refractivity contribution < 1.29 is 24.0 Å². The van der Waals surface area contributed by atoms with Crippen LogP contribution in [-0.4, -0.2) is 39.3 Å². The molecule has 0 aliphatic rings. The fourth-order valence-electron chi connectivity index (χ4n) is 2.67. The quantitative estimate of drug-likeness (QED) is 0.410. The number of thioether (sulfide) groups is 1. The largest absolute Gasteiger partial charge is 0.370 e.